The largest absolute Gasteiger partial charge is 0.491 e. The molecule has 0 bridgehead atoms. The van der Waals surface area contributed by atoms with Crippen LogP contribution >= 0.6 is 0 Å². The van der Waals surface area contributed by atoms with Gasteiger partial charge in [-0.05, 0) is 81.8 Å². The minimum absolute atomic E-state index is 0.0770. The van der Waals surface area contributed by atoms with Crippen LogP contribution in [-0.2, 0) is 14.2 Å². The van der Waals surface area contributed by atoms with E-state index in [0.29, 0.717) is 23.8 Å². The number of hydrogen-bond acceptors (Lipinski definition) is 6. The molecule has 2 saturated heterocycles. The molecule has 1 aromatic heterocycles. The van der Waals surface area contributed by atoms with Crippen LogP contribution in [0, 0.1) is 0 Å². The van der Waals surface area contributed by atoms with Gasteiger partial charge in [-0.15, -0.1) is 0 Å². The number of carbonyl (C=O) groups excluding carboxylic acids is 1. The SMILES string of the molecule is COC(=O)c1ccccc1OCCN1CCC(c2cn(C(C)OC3CCCCO3)c3ccccc23)CC1. The van der Waals surface area contributed by atoms with Crippen molar-refractivity contribution in [2.24, 2.45) is 0 Å². The Hall–Kier alpha value is -2.87. The summed E-state index contributed by atoms with van der Waals surface area (Å²) in [5, 5.41) is 1.32. The Bertz CT molecular complexity index is 1180. The highest BCUT2D eigenvalue weighted by molar-refractivity contribution is 5.92. The van der Waals surface area contributed by atoms with Crippen molar-refractivity contribution >= 4 is 16.9 Å². The average Bonchev–Trinajstić information content (AvgIpc) is 3.34. The minimum atomic E-state index is -0.374. The predicted molar refractivity (Wildman–Crippen MR) is 143 cm³/mol. The van der Waals surface area contributed by atoms with Crippen molar-refractivity contribution in [2.75, 3.05) is 40.0 Å². The van der Waals surface area contributed by atoms with Crippen LogP contribution in [-0.4, -0.2) is 61.7 Å². The van der Waals surface area contributed by atoms with Crippen LogP contribution in [0.5, 0.6) is 5.75 Å². The Kier molecular flexibility index (Phi) is 8.44. The lowest BCUT2D eigenvalue weighted by molar-refractivity contribution is -0.200. The summed E-state index contributed by atoms with van der Waals surface area (Å²) in [7, 11) is 1.39. The van der Waals surface area contributed by atoms with E-state index >= 15 is 0 Å². The van der Waals surface area contributed by atoms with Crippen molar-refractivity contribution in [3.8, 4) is 5.75 Å². The Morgan fingerprint density at radius 2 is 1.84 bits per heavy atom. The molecule has 7 heteroatoms. The number of rotatable bonds is 9. The van der Waals surface area contributed by atoms with E-state index in [9.17, 15) is 4.79 Å². The molecule has 0 saturated carbocycles. The molecule has 0 aliphatic carbocycles. The predicted octanol–water partition coefficient (Wildman–Crippen LogP) is 5.75. The topological polar surface area (TPSA) is 62.2 Å². The molecule has 0 spiro atoms. The van der Waals surface area contributed by atoms with Gasteiger partial charge in [0.1, 0.15) is 24.1 Å². The first-order valence-electron chi connectivity index (χ1n) is 13.5. The molecule has 2 unspecified atom stereocenters. The molecule has 0 N–H and O–H groups in total. The van der Waals surface area contributed by atoms with Gasteiger partial charge in [-0.25, -0.2) is 4.79 Å². The van der Waals surface area contributed by atoms with Gasteiger partial charge in [-0.2, -0.15) is 0 Å². The summed E-state index contributed by atoms with van der Waals surface area (Å²) in [4.78, 5) is 14.4. The standard InChI is InChI=1S/C30H38N2O5/c1-22(37-29-13-7-8-19-36-29)32-21-26(24-9-3-5-11-27(24)32)23-14-16-31(17-15-23)18-20-35-28-12-6-4-10-25(28)30(33)34-2/h3-6,9-12,21-23,29H,7-8,13-20H2,1-2H3. The van der Waals surface area contributed by atoms with Crippen LogP contribution in [0.3, 0.4) is 0 Å². The first-order valence-corrected chi connectivity index (χ1v) is 13.5. The number of nitrogens with zero attached hydrogens (tertiary/aromatic N) is 2. The van der Waals surface area contributed by atoms with Gasteiger partial charge in [0.15, 0.2) is 6.29 Å². The molecule has 3 heterocycles. The van der Waals surface area contributed by atoms with Crippen LogP contribution in [0.4, 0.5) is 0 Å². The average molecular weight is 507 g/mol. The Balaban J connectivity index is 1.19. The summed E-state index contributed by atoms with van der Waals surface area (Å²) < 4.78 is 25.2. The lowest BCUT2D eigenvalue weighted by atomic mass is 9.89. The molecule has 2 aromatic carbocycles. The van der Waals surface area contributed by atoms with Crippen molar-refractivity contribution < 1.29 is 23.7 Å². The highest BCUT2D eigenvalue weighted by Crippen LogP contribution is 2.36. The van der Waals surface area contributed by atoms with E-state index in [2.05, 4.69) is 46.9 Å². The maximum Gasteiger partial charge on any atom is 0.341 e. The molecule has 0 radical (unpaired) electrons. The fourth-order valence-electron chi connectivity index (χ4n) is 5.59. The Morgan fingerprint density at radius 3 is 2.62 bits per heavy atom. The molecular formula is C30H38N2O5. The number of carbonyl (C=O) groups is 1. The molecule has 0 amide bonds. The van der Waals surface area contributed by atoms with Crippen LogP contribution in [0.2, 0.25) is 0 Å². The number of esters is 1. The number of ether oxygens (including phenoxy) is 4. The van der Waals surface area contributed by atoms with Gasteiger partial charge in [0.05, 0.1) is 12.6 Å². The van der Waals surface area contributed by atoms with E-state index < -0.39 is 0 Å². The summed E-state index contributed by atoms with van der Waals surface area (Å²) in [5.74, 6) is 0.718. The van der Waals surface area contributed by atoms with E-state index in [1.54, 1.807) is 6.07 Å². The number of aromatic nitrogens is 1. The molecule has 7 nitrogen and oxygen atoms in total. The zero-order chi connectivity index (χ0) is 25.6. The third kappa shape index (κ3) is 6.00. The van der Waals surface area contributed by atoms with Crippen LogP contribution < -0.4 is 4.74 Å². The van der Waals surface area contributed by atoms with Gasteiger partial charge in [0.25, 0.3) is 0 Å². The number of likely N-dealkylation sites (tertiary alicyclic amines) is 1. The molecule has 2 fully saturated rings. The zero-order valence-corrected chi connectivity index (χ0v) is 21.9. The summed E-state index contributed by atoms with van der Waals surface area (Å²) in [6, 6.07) is 15.9. The van der Waals surface area contributed by atoms with Gasteiger partial charge in [-0.1, -0.05) is 30.3 Å². The second-order valence-electron chi connectivity index (χ2n) is 9.99. The van der Waals surface area contributed by atoms with E-state index in [4.69, 9.17) is 18.9 Å². The highest BCUT2D eigenvalue weighted by Gasteiger charge is 2.26. The van der Waals surface area contributed by atoms with Gasteiger partial charge in [0.2, 0.25) is 0 Å². The normalized spacial score (nSPS) is 20.1. The fraction of sp³-hybridized carbons (Fsp3) is 0.500. The van der Waals surface area contributed by atoms with Gasteiger partial charge >= 0.3 is 5.97 Å². The third-order valence-electron chi connectivity index (χ3n) is 7.63. The van der Waals surface area contributed by atoms with Crippen LogP contribution in [0.1, 0.15) is 67.1 Å². The maximum absolute atomic E-state index is 12.0. The molecule has 5 rings (SSSR count). The number of para-hydroxylation sites is 2. The quantitative estimate of drug-likeness (QED) is 0.345. The summed E-state index contributed by atoms with van der Waals surface area (Å²) in [6.07, 6.45) is 7.58. The number of methoxy groups -OCH3 is 1. The van der Waals surface area contributed by atoms with Gasteiger partial charge in [-0.3, -0.25) is 4.90 Å². The lowest BCUT2D eigenvalue weighted by Gasteiger charge is -2.32. The first kappa shape index (κ1) is 25.8. The molecule has 2 aliphatic rings. The van der Waals surface area contributed by atoms with Crippen LogP contribution in [0.25, 0.3) is 10.9 Å². The molecule has 2 atom stereocenters. The molecule has 2 aliphatic heterocycles. The van der Waals surface area contributed by atoms with Crippen molar-refractivity contribution in [2.45, 2.75) is 57.5 Å². The number of hydrogen-bond donors (Lipinski definition) is 0. The monoisotopic (exact) mass is 506 g/mol. The number of piperidine rings is 1. The van der Waals surface area contributed by atoms with Crippen molar-refractivity contribution in [1.29, 1.82) is 0 Å². The zero-order valence-electron chi connectivity index (χ0n) is 21.9. The second kappa shape index (κ2) is 12.1. The summed E-state index contributed by atoms with van der Waals surface area (Å²) in [5.41, 5.74) is 3.10. The van der Waals surface area contributed by atoms with E-state index in [1.807, 2.05) is 18.2 Å². The third-order valence-corrected chi connectivity index (χ3v) is 7.63. The van der Waals surface area contributed by atoms with E-state index in [1.165, 1.54) is 23.6 Å². The molecular weight excluding hydrogens is 468 g/mol. The first-order chi connectivity index (χ1) is 18.1. The lowest BCUT2D eigenvalue weighted by Crippen LogP contribution is -2.36. The second-order valence-corrected chi connectivity index (χ2v) is 9.99. The summed E-state index contributed by atoms with van der Waals surface area (Å²) >= 11 is 0. The minimum Gasteiger partial charge on any atom is -0.491 e. The van der Waals surface area contributed by atoms with E-state index in [-0.39, 0.29) is 18.5 Å². The fourth-order valence-corrected chi connectivity index (χ4v) is 5.59. The number of fused-ring (bicyclic) bond motifs is 1. The Labute approximate surface area is 219 Å². The molecule has 37 heavy (non-hydrogen) atoms. The maximum atomic E-state index is 12.0. The molecule has 198 valence electrons. The van der Waals surface area contributed by atoms with Gasteiger partial charge < -0.3 is 23.5 Å². The Morgan fingerprint density at radius 1 is 1.05 bits per heavy atom. The van der Waals surface area contributed by atoms with Crippen molar-refractivity contribution in [3.63, 3.8) is 0 Å². The van der Waals surface area contributed by atoms with Crippen molar-refractivity contribution in [3.05, 3.63) is 65.9 Å². The molecule has 3 aromatic rings. The summed E-state index contributed by atoms with van der Waals surface area (Å²) in [6.45, 7) is 6.32. The van der Waals surface area contributed by atoms with Gasteiger partial charge in [0, 0.05) is 24.7 Å². The van der Waals surface area contributed by atoms with Crippen molar-refractivity contribution in [1.82, 2.24) is 9.47 Å². The van der Waals surface area contributed by atoms with E-state index in [0.717, 1.165) is 58.3 Å². The van der Waals surface area contributed by atoms with Crippen LogP contribution in [0.15, 0.2) is 54.7 Å². The number of benzene rings is 2. The highest BCUT2D eigenvalue weighted by atomic mass is 16.7. The smallest absolute Gasteiger partial charge is 0.341 e.